The Morgan fingerprint density at radius 2 is 2.12 bits per heavy atom. The summed E-state index contributed by atoms with van der Waals surface area (Å²) in [5, 5.41) is 3.07. The molecule has 2 rings (SSSR count). The van der Waals surface area contributed by atoms with E-state index in [9.17, 15) is 0 Å². The number of hydrogen-bond donors (Lipinski definition) is 1. The lowest BCUT2D eigenvalue weighted by Crippen LogP contribution is -2.13. The van der Waals surface area contributed by atoms with Crippen LogP contribution in [0.2, 0.25) is 0 Å². The number of aromatic nitrogens is 1. The molecule has 1 heterocycles. The Morgan fingerprint density at radius 1 is 1.38 bits per heavy atom. The van der Waals surface area contributed by atoms with Gasteiger partial charge in [-0.1, -0.05) is 30.3 Å². The third-order valence-electron chi connectivity index (χ3n) is 2.15. The van der Waals surface area contributed by atoms with Crippen LogP contribution in [0.5, 0.6) is 0 Å². The van der Waals surface area contributed by atoms with Crippen molar-refractivity contribution in [1.82, 2.24) is 4.98 Å². The van der Waals surface area contributed by atoms with Gasteiger partial charge in [-0.15, -0.1) is 11.3 Å². The summed E-state index contributed by atoms with van der Waals surface area (Å²) in [6, 6.07) is 9.76. The number of hydrogen-bond acceptors (Lipinski definition) is 3. The molecule has 16 heavy (non-hydrogen) atoms. The Kier molecular flexibility index (Phi) is 3.31. The normalized spacial score (nSPS) is 11.7. The molecule has 0 spiro atoms. The van der Waals surface area contributed by atoms with E-state index < -0.39 is 0 Å². The predicted octanol–water partition coefficient (Wildman–Crippen LogP) is 2.36. The molecule has 0 saturated carbocycles. The zero-order chi connectivity index (χ0) is 11.4. The molecule has 0 unspecified atom stereocenters. The maximum absolute atomic E-state index is 5.88. The fraction of sp³-hybridized carbons (Fsp3) is 0.167. The van der Waals surface area contributed by atoms with Crippen molar-refractivity contribution in [2.45, 2.75) is 13.5 Å². The smallest absolute Gasteiger partial charge is 0.126 e. The summed E-state index contributed by atoms with van der Waals surface area (Å²) in [4.78, 5) is 8.65. The number of benzene rings is 1. The summed E-state index contributed by atoms with van der Waals surface area (Å²) >= 11 is 1.63. The van der Waals surface area contributed by atoms with Crippen molar-refractivity contribution in [3.8, 4) is 0 Å². The Hall–Kier alpha value is -1.68. The molecule has 1 aromatic heterocycles. The Morgan fingerprint density at radius 3 is 2.75 bits per heavy atom. The first-order valence-electron chi connectivity index (χ1n) is 5.02. The van der Waals surface area contributed by atoms with Crippen LogP contribution in [0.4, 0.5) is 0 Å². The largest absolute Gasteiger partial charge is 0.383 e. The molecule has 0 radical (unpaired) electrons. The lowest BCUT2D eigenvalue weighted by Gasteiger charge is -1.99. The van der Waals surface area contributed by atoms with Gasteiger partial charge in [-0.05, 0) is 6.92 Å². The van der Waals surface area contributed by atoms with Crippen LogP contribution >= 0.6 is 11.3 Å². The standard InChI is InChI=1S/C12H13N3S/c1-9-15-11(8-16-9)7-14-12(13)10-5-3-2-4-6-10/h2-6,8H,7H2,1H3,(H2,13,14). The summed E-state index contributed by atoms with van der Waals surface area (Å²) in [5.74, 6) is 0.561. The maximum atomic E-state index is 5.88. The number of nitrogens with two attached hydrogens (primary N) is 1. The van der Waals surface area contributed by atoms with Crippen molar-refractivity contribution in [3.05, 3.63) is 52.0 Å². The SMILES string of the molecule is Cc1nc(CN=C(N)c2ccccc2)cs1. The molecule has 4 heteroatoms. The van der Waals surface area contributed by atoms with Gasteiger partial charge in [0.25, 0.3) is 0 Å². The quantitative estimate of drug-likeness (QED) is 0.651. The average molecular weight is 231 g/mol. The lowest BCUT2D eigenvalue weighted by atomic mass is 10.2. The number of thiazole rings is 1. The first-order valence-corrected chi connectivity index (χ1v) is 5.90. The van der Waals surface area contributed by atoms with E-state index >= 15 is 0 Å². The van der Waals surface area contributed by atoms with Crippen LogP contribution in [0, 0.1) is 6.92 Å². The highest BCUT2D eigenvalue weighted by molar-refractivity contribution is 7.09. The second-order valence-corrected chi connectivity index (χ2v) is 4.49. The Balaban J connectivity index is 2.08. The van der Waals surface area contributed by atoms with Crippen LogP contribution in [0.1, 0.15) is 16.3 Å². The number of rotatable bonds is 3. The van der Waals surface area contributed by atoms with Gasteiger partial charge in [-0.25, -0.2) is 4.98 Å². The average Bonchev–Trinajstić information content (AvgIpc) is 2.73. The topological polar surface area (TPSA) is 51.3 Å². The van der Waals surface area contributed by atoms with E-state index in [1.165, 1.54) is 0 Å². The summed E-state index contributed by atoms with van der Waals surface area (Å²) in [6.07, 6.45) is 0. The maximum Gasteiger partial charge on any atom is 0.126 e. The van der Waals surface area contributed by atoms with Crippen LogP contribution in [-0.2, 0) is 6.54 Å². The number of amidine groups is 1. The molecule has 1 aromatic carbocycles. The van der Waals surface area contributed by atoms with Crippen LogP contribution in [0.25, 0.3) is 0 Å². The van der Waals surface area contributed by atoms with Crippen molar-refractivity contribution in [2.75, 3.05) is 0 Å². The predicted molar refractivity (Wildman–Crippen MR) is 67.7 cm³/mol. The van der Waals surface area contributed by atoms with Crippen molar-refractivity contribution in [3.63, 3.8) is 0 Å². The van der Waals surface area contributed by atoms with Gasteiger partial charge in [0.2, 0.25) is 0 Å². The van der Waals surface area contributed by atoms with Gasteiger partial charge in [0.05, 0.1) is 17.2 Å². The van der Waals surface area contributed by atoms with Crippen LogP contribution < -0.4 is 5.73 Å². The van der Waals surface area contributed by atoms with Crippen LogP contribution in [-0.4, -0.2) is 10.8 Å². The highest BCUT2D eigenvalue weighted by Gasteiger charge is 1.99. The minimum atomic E-state index is 0.547. The molecule has 0 saturated heterocycles. The molecule has 82 valence electrons. The van der Waals surface area contributed by atoms with E-state index in [1.54, 1.807) is 11.3 Å². The first kappa shape index (κ1) is 10.8. The van der Waals surface area contributed by atoms with Gasteiger partial charge in [-0.2, -0.15) is 0 Å². The molecule has 2 N–H and O–H groups in total. The van der Waals surface area contributed by atoms with E-state index in [4.69, 9.17) is 5.73 Å². The molecule has 0 aliphatic heterocycles. The van der Waals surface area contributed by atoms with Gasteiger partial charge < -0.3 is 5.73 Å². The van der Waals surface area contributed by atoms with Crippen molar-refractivity contribution in [2.24, 2.45) is 10.7 Å². The van der Waals surface area contributed by atoms with Crippen molar-refractivity contribution < 1.29 is 0 Å². The van der Waals surface area contributed by atoms with Gasteiger partial charge in [0, 0.05) is 10.9 Å². The zero-order valence-corrected chi connectivity index (χ0v) is 9.87. The third-order valence-corrected chi connectivity index (χ3v) is 2.97. The van der Waals surface area contributed by atoms with Crippen LogP contribution in [0.3, 0.4) is 0 Å². The fourth-order valence-electron chi connectivity index (χ4n) is 1.35. The number of nitrogens with zero attached hydrogens (tertiary/aromatic N) is 2. The summed E-state index contributed by atoms with van der Waals surface area (Å²) in [7, 11) is 0. The monoisotopic (exact) mass is 231 g/mol. The third kappa shape index (κ3) is 2.67. The second-order valence-electron chi connectivity index (χ2n) is 3.43. The van der Waals surface area contributed by atoms with E-state index in [0.29, 0.717) is 12.4 Å². The fourth-order valence-corrected chi connectivity index (χ4v) is 1.95. The molecule has 3 nitrogen and oxygen atoms in total. The molecule has 2 aromatic rings. The van der Waals surface area contributed by atoms with E-state index in [0.717, 1.165) is 16.3 Å². The molecule has 0 aliphatic carbocycles. The molecule has 0 amide bonds. The van der Waals surface area contributed by atoms with Gasteiger partial charge in [-0.3, -0.25) is 4.99 Å². The highest BCUT2D eigenvalue weighted by Crippen LogP contribution is 2.09. The molecular weight excluding hydrogens is 218 g/mol. The second kappa shape index (κ2) is 4.90. The minimum absolute atomic E-state index is 0.547. The molecule has 0 aliphatic rings. The zero-order valence-electron chi connectivity index (χ0n) is 9.05. The van der Waals surface area contributed by atoms with Gasteiger partial charge >= 0.3 is 0 Å². The van der Waals surface area contributed by atoms with E-state index in [-0.39, 0.29) is 0 Å². The molecule has 0 atom stereocenters. The molecule has 0 fully saturated rings. The summed E-state index contributed by atoms with van der Waals surface area (Å²) < 4.78 is 0. The highest BCUT2D eigenvalue weighted by atomic mass is 32.1. The van der Waals surface area contributed by atoms with Crippen molar-refractivity contribution >= 4 is 17.2 Å². The summed E-state index contributed by atoms with van der Waals surface area (Å²) in [6.45, 7) is 2.53. The Labute approximate surface area is 98.7 Å². The first-order chi connectivity index (χ1) is 7.75. The van der Waals surface area contributed by atoms with Crippen LogP contribution in [0.15, 0.2) is 40.7 Å². The minimum Gasteiger partial charge on any atom is -0.383 e. The summed E-state index contributed by atoms with van der Waals surface area (Å²) in [5.41, 5.74) is 7.80. The number of aryl methyl sites for hydroxylation is 1. The van der Waals surface area contributed by atoms with Gasteiger partial charge in [0.15, 0.2) is 0 Å². The number of aliphatic imine (C=N–C) groups is 1. The molecular formula is C12H13N3S. The Bertz CT molecular complexity index is 488. The van der Waals surface area contributed by atoms with Crippen molar-refractivity contribution in [1.29, 1.82) is 0 Å². The lowest BCUT2D eigenvalue weighted by molar-refractivity contribution is 0.994. The van der Waals surface area contributed by atoms with Gasteiger partial charge in [0.1, 0.15) is 5.84 Å². The van der Waals surface area contributed by atoms with E-state index in [1.807, 2.05) is 42.6 Å². The van der Waals surface area contributed by atoms with E-state index in [2.05, 4.69) is 9.98 Å². The molecule has 0 bridgehead atoms.